The van der Waals surface area contributed by atoms with E-state index in [1.54, 1.807) is 0 Å². The number of aliphatic hydroxyl groups is 2. The Labute approximate surface area is 224 Å². The van der Waals surface area contributed by atoms with E-state index in [0.717, 1.165) is 55.7 Å². The van der Waals surface area contributed by atoms with Crippen molar-refractivity contribution in [2.75, 3.05) is 20.7 Å². The van der Waals surface area contributed by atoms with E-state index in [1.165, 1.54) is 14.1 Å². The fourth-order valence-electron chi connectivity index (χ4n) is 9.70. The van der Waals surface area contributed by atoms with Gasteiger partial charge in [0.05, 0.1) is 18.8 Å². The Kier molecular flexibility index (Phi) is 8.32. The SMILES string of the molecule is CC[C@H]1[C@@H](O)[C@H]2C3CC[C@H]([C@H](C)CCOC(=O)NS(=O)(=O)N(C)C)C3(C)CCC2[C@@]2(C)CC[C@@H](O)C[C@@H]12. The van der Waals surface area contributed by atoms with Crippen LogP contribution in [-0.2, 0) is 14.9 Å². The van der Waals surface area contributed by atoms with Crippen molar-refractivity contribution in [3.63, 3.8) is 0 Å². The van der Waals surface area contributed by atoms with E-state index in [9.17, 15) is 23.4 Å². The summed E-state index contributed by atoms with van der Waals surface area (Å²) in [5, 5.41) is 22.3. The molecule has 4 fully saturated rings. The maximum Gasteiger partial charge on any atom is 0.421 e. The third-order valence-corrected chi connectivity index (χ3v) is 13.0. The Morgan fingerprint density at radius 1 is 1.05 bits per heavy atom. The van der Waals surface area contributed by atoms with Crippen LogP contribution in [0.25, 0.3) is 0 Å². The van der Waals surface area contributed by atoms with Gasteiger partial charge in [-0.3, -0.25) is 0 Å². The molecule has 0 aromatic rings. The zero-order valence-corrected chi connectivity index (χ0v) is 24.5. The van der Waals surface area contributed by atoms with Crippen LogP contribution in [-0.4, -0.2) is 61.9 Å². The second-order valence-corrected chi connectivity index (χ2v) is 15.3. The van der Waals surface area contributed by atoms with Crippen molar-refractivity contribution in [3.05, 3.63) is 0 Å². The highest BCUT2D eigenvalue weighted by atomic mass is 32.2. The lowest BCUT2D eigenvalue weighted by Crippen LogP contribution is -2.62. The summed E-state index contributed by atoms with van der Waals surface area (Å²) in [7, 11) is -1.15. The minimum atomic E-state index is -3.86. The number of aliphatic hydroxyl groups excluding tert-OH is 2. The van der Waals surface area contributed by atoms with Crippen LogP contribution in [0.3, 0.4) is 0 Å². The van der Waals surface area contributed by atoms with E-state index in [0.29, 0.717) is 41.9 Å². The molecule has 0 aliphatic heterocycles. The molecule has 0 aromatic carbocycles. The van der Waals surface area contributed by atoms with E-state index in [-0.39, 0.29) is 35.6 Å². The second kappa shape index (κ2) is 10.6. The minimum Gasteiger partial charge on any atom is -0.449 e. The zero-order valence-electron chi connectivity index (χ0n) is 23.7. The number of carbonyl (C=O) groups excluding carboxylic acids is 1. The normalized spacial score (nSPS) is 44.5. The van der Waals surface area contributed by atoms with Crippen molar-refractivity contribution in [2.24, 2.45) is 52.3 Å². The van der Waals surface area contributed by atoms with Gasteiger partial charge in [-0.2, -0.15) is 12.7 Å². The van der Waals surface area contributed by atoms with Gasteiger partial charge in [-0.25, -0.2) is 9.52 Å². The molecule has 3 N–H and O–H groups in total. The van der Waals surface area contributed by atoms with Crippen LogP contribution in [0.15, 0.2) is 0 Å². The van der Waals surface area contributed by atoms with Crippen LogP contribution in [0.5, 0.6) is 0 Å². The molecule has 4 rings (SSSR count). The van der Waals surface area contributed by atoms with Crippen LogP contribution in [0.1, 0.15) is 85.5 Å². The summed E-state index contributed by atoms with van der Waals surface area (Å²) in [6, 6.07) is 0. The van der Waals surface area contributed by atoms with Crippen molar-refractivity contribution in [2.45, 2.75) is 97.7 Å². The Bertz CT molecular complexity index is 943. The quantitative estimate of drug-likeness (QED) is 0.445. The van der Waals surface area contributed by atoms with Crippen molar-refractivity contribution >= 4 is 16.3 Å². The average molecular weight is 543 g/mol. The van der Waals surface area contributed by atoms with E-state index in [1.807, 2.05) is 4.72 Å². The molecule has 1 amide bonds. The number of amides is 1. The van der Waals surface area contributed by atoms with Crippen molar-refractivity contribution < 1.29 is 28.2 Å². The molecular formula is C28H50N2O6S. The molecule has 0 saturated heterocycles. The fourth-order valence-corrected chi connectivity index (χ4v) is 10.1. The molecule has 214 valence electrons. The molecule has 0 radical (unpaired) electrons. The zero-order chi connectivity index (χ0) is 27.3. The van der Waals surface area contributed by atoms with Gasteiger partial charge < -0.3 is 14.9 Å². The molecule has 8 nitrogen and oxygen atoms in total. The first kappa shape index (κ1) is 29.1. The number of ether oxygens (including phenoxy) is 1. The molecule has 9 heteroatoms. The minimum absolute atomic E-state index is 0.147. The van der Waals surface area contributed by atoms with E-state index in [2.05, 4.69) is 27.7 Å². The molecule has 11 atom stereocenters. The Morgan fingerprint density at radius 2 is 1.70 bits per heavy atom. The van der Waals surface area contributed by atoms with Gasteiger partial charge in [0.15, 0.2) is 0 Å². The maximum atomic E-state index is 12.0. The molecule has 0 aromatic heterocycles. The Hall–Kier alpha value is -0.900. The Balaban J connectivity index is 1.44. The van der Waals surface area contributed by atoms with Gasteiger partial charge in [0.2, 0.25) is 0 Å². The Morgan fingerprint density at radius 3 is 2.35 bits per heavy atom. The fraction of sp³-hybridized carbons (Fsp3) is 0.964. The smallest absolute Gasteiger partial charge is 0.421 e. The second-order valence-electron chi connectivity index (χ2n) is 13.4. The van der Waals surface area contributed by atoms with Crippen LogP contribution < -0.4 is 4.72 Å². The molecule has 3 unspecified atom stereocenters. The summed E-state index contributed by atoms with van der Waals surface area (Å²) in [5.74, 6) is 2.79. The number of nitrogens with zero attached hydrogens (tertiary/aromatic N) is 1. The highest BCUT2D eigenvalue weighted by Crippen LogP contribution is 2.69. The van der Waals surface area contributed by atoms with Crippen LogP contribution >= 0.6 is 0 Å². The van der Waals surface area contributed by atoms with Gasteiger partial charge in [-0.05, 0) is 104 Å². The lowest BCUT2D eigenvalue weighted by Gasteiger charge is -2.64. The molecule has 0 spiro atoms. The van der Waals surface area contributed by atoms with Gasteiger partial charge in [0, 0.05) is 14.1 Å². The van der Waals surface area contributed by atoms with E-state index < -0.39 is 16.3 Å². The highest BCUT2D eigenvalue weighted by Gasteiger charge is 2.64. The number of hydrogen-bond acceptors (Lipinski definition) is 6. The molecule has 4 aliphatic carbocycles. The van der Waals surface area contributed by atoms with Crippen LogP contribution in [0.2, 0.25) is 0 Å². The highest BCUT2D eigenvalue weighted by molar-refractivity contribution is 7.87. The topological polar surface area (TPSA) is 116 Å². The molecule has 4 aliphatic rings. The molecule has 37 heavy (non-hydrogen) atoms. The number of nitrogens with one attached hydrogen (secondary N) is 1. The number of carbonyl (C=O) groups is 1. The van der Waals surface area contributed by atoms with Crippen LogP contribution in [0.4, 0.5) is 4.79 Å². The van der Waals surface area contributed by atoms with Crippen LogP contribution in [0, 0.1) is 52.3 Å². The summed E-state index contributed by atoms with van der Waals surface area (Å²) < 4.78 is 31.8. The summed E-state index contributed by atoms with van der Waals surface area (Å²) in [6.45, 7) is 9.52. The van der Waals surface area contributed by atoms with Gasteiger partial charge in [0.25, 0.3) is 0 Å². The third-order valence-electron chi connectivity index (χ3n) is 11.6. The largest absolute Gasteiger partial charge is 0.449 e. The maximum absolute atomic E-state index is 12.0. The lowest BCUT2D eigenvalue weighted by molar-refractivity contribution is -0.203. The van der Waals surface area contributed by atoms with Gasteiger partial charge >= 0.3 is 16.3 Å². The molecule has 0 heterocycles. The standard InChI is InChI=1S/C28H50N2O6S/c1-7-19-23-16-18(31)10-13-28(23,4)22-11-14-27(3)20(8-9-21(27)24(22)25(19)32)17(2)12-15-36-26(33)29-37(34,35)30(5)6/h17-25,31-32H,7-16H2,1-6H3,(H,29,33)/t17-,18-,19-,20-,21?,22?,23+,24+,25-,27?,28-/m1/s1. The lowest BCUT2D eigenvalue weighted by atomic mass is 9.41. The number of rotatable bonds is 7. The van der Waals surface area contributed by atoms with Crippen molar-refractivity contribution in [1.29, 1.82) is 0 Å². The third kappa shape index (κ3) is 5.07. The first-order valence-electron chi connectivity index (χ1n) is 14.5. The molecular weight excluding hydrogens is 492 g/mol. The van der Waals surface area contributed by atoms with Gasteiger partial charge in [-0.1, -0.05) is 34.1 Å². The number of hydrogen-bond donors (Lipinski definition) is 3. The predicted molar refractivity (Wildman–Crippen MR) is 143 cm³/mol. The predicted octanol–water partition coefficient (Wildman–Crippen LogP) is 4.17. The van der Waals surface area contributed by atoms with Crippen molar-refractivity contribution in [3.8, 4) is 0 Å². The summed E-state index contributed by atoms with van der Waals surface area (Å²) >= 11 is 0. The first-order chi connectivity index (χ1) is 17.3. The monoisotopic (exact) mass is 542 g/mol. The van der Waals surface area contributed by atoms with Gasteiger partial charge in [0.1, 0.15) is 0 Å². The first-order valence-corrected chi connectivity index (χ1v) is 15.9. The molecule has 0 bridgehead atoms. The summed E-state index contributed by atoms with van der Waals surface area (Å²) in [5.41, 5.74) is 0.344. The molecule has 4 saturated carbocycles. The average Bonchev–Trinajstić information content (AvgIpc) is 3.17. The number of fused-ring (bicyclic) bond motifs is 5. The summed E-state index contributed by atoms with van der Waals surface area (Å²) in [4.78, 5) is 12.0. The van der Waals surface area contributed by atoms with Crippen molar-refractivity contribution in [1.82, 2.24) is 9.03 Å². The van der Waals surface area contributed by atoms with E-state index >= 15 is 0 Å². The summed E-state index contributed by atoms with van der Waals surface area (Å²) in [6.07, 6.45) is 7.51. The van der Waals surface area contributed by atoms with Gasteiger partial charge in [-0.15, -0.1) is 0 Å². The van der Waals surface area contributed by atoms with E-state index in [4.69, 9.17) is 4.74 Å².